The molecule has 2 bridgehead atoms. The Labute approximate surface area is 390 Å². The molecule has 4 heterocycles. The second-order valence-electron chi connectivity index (χ2n) is 19.6. The fourth-order valence-corrected chi connectivity index (χ4v) is 10.8. The van der Waals surface area contributed by atoms with E-state index in [4.69, 9.17) is 37.9 Å². The van der Waals surface area contributed by atoms with E-state index in [0.717, 1.165) is 17.6 Å². The monoisotopic (exact) mass is 926 g/mol. The van der Waals surface area contributed by atoms with E-state index >= 15 is 0 Å². The van der Waals surface area contributed by atoms with Crippen LogP contribution in [0.1, 0.15) is 118 Å². The van der Waals surface area contributed by atoms with E-state index in [1.54, 1.807) is 21.0 Å². The Morgan fingerprint density at radius 2 is 1.61 bits per heavy atom. The fourth-order valence-electron chi connectivity index (χ4n) is 10.8. The highest BCUT2D eigenvalue weighted by molar-refractivity contribution is 6.39. The molecular formula is C51H75NO14. The van der Waals surface area contributed by atoms with Crippen LogP contribution in [0.15, 0.2) is 41.5 Å². The zero-order valence-electron chi connectivity index (χ0n) is 40.5. The largest absolute Gasteiger partial charge is 0.456 e. The van der Waals surface area contributed by atoms with Crippen LogP contribution in [0, 0.1) is 29.6 Å². The molecule has 2 saturated heterocycles. The topological polar surface area (TPSA) is 186 Å². The number of esters is 1. The van der Waals surface area contributed by atoms with Crippen LogP contribution in [0.4, 0.5) is 0 Å². The summed E-state index contributed by atoms with van der Waals surface area (Å²) >= 11 is 0. The smallest absolute Gasteiger partial charge is 0.329 e. The van der Waals surface area contributed by atoms with Crippen LogP contribution in [0.25, 0.3) is 0 Å². The lowest BCUT2D eigenvalue weighted by molar-refractivity contribution is -0.302. The van der Waals surface area contributed by atoms with Crippen molar-refractivity contribution < 1.29 is 67.3 Å². The van der Waals surface area contributed by atoms with Gasteiger partial charge in [-0.25, -0.2) is 4.79 Å². The maximum atomic E-state index is 14.5. The number of rotatable bonds is 9. The van der Waals surface area contributed by atoms with Crippen molar-refractivity contribution in [3.63, 3.8) is 0 Å². The lowest BCUT2D eigenvalue weighted by Gasteiger charge is -2.47. The number of Topliss-reactive ketones (excluding diaryl/α,β-unsaturated/α-hetero) is 2. The van der Waals surface area contributed by atoms with Gasteiger partial charge in [0.05, 0.1) is 37.1 Å². The molecule has 1 aromatic carbocycles. The molecule has 1 aromatic rings. The van der Waals surface area contributed by atoms with Crippen molar-refractivity contribution in [1.29, 1.82) is 0 Å². The molecule has 4 aliphatic heterocycles. The predicted molar refractivity (Wildman–Crippen MR) is 243 cm³/mol. The van der Waals surface area contributed by atoms with Crippen LogP contribution >= 0.6 is 0 Å². The van der Waals surface area contributed by atoms with Gasteiger partial charge >= 0.3 is 5.97 Å². The second-order valence-corrected chi connectivity index (χ2v) is 19.6. The number of carbonyl (C=O) groups excluding carboxylic acids is 4. The highest BCUT2D eigenvalue weighted by atomic mass is 16.7. The molecule has 1 amide bonds. The number of allylic oxidation sites excluding steroid dienone is 3. The average Bonchev–Trinajstić information content (AvgIpc) is 3.79. The summed E-state index contributed by atoms with van der Waals surface area (Å²) in [6, 6.07) is 4.61. The lowest BCUT2D eigenvalue weighted by atomic mass is 9.81. The van der Waals surface area contributed by atoms with Crippen LogP contribution < -0.4 is 9.47 Å². The molecule has 2 N–H and O–H groups in total. The fraction of sp³-hybridized carbons (Fsp3) is 0.725. The van der Waals surface area contributed by atoms with Gasteiger partial charge in [-0.15, -0.1) is 0 Å². The van der Waals surface area contributed by atoms with Crippen molar-refractivity contribution in [2.24, 2.45) is 29.6 Å². The summed E-state index contributed by atoms with van der Waals surface area (Å²) in [5, 5.41) is 24.0. The maximum Gasteiger partial charge on any atom is 0.329 e. The molecule has 0 spiro atoms. The number of methoxy groups -OCH3 is 3. The number of nitrogens with zero attached hydrogens (tertiary/aromatic N) is 1. The predicted octanol–water partition coefficient (Wildman–Crippen LogP) is 6.43. The SMILES string of the molecule is CCC1C=C(C)CC(C)CC(OC)C2OC(O)(C(=O)C(=O)N3CCCCC3C(=O)OC(C(C)=CC3CCC(OCc4ccc5c(c4)OCO5)C(OC)C3)C(C)C(O)CC1=O)C(C)CC2OC. The molecule has 368 valence electrons. The average molecular weight is 926 g/mol. The van der Waals surface area contributed by atoms with Gasteiger partial charge in [-0.1, -0.05) is 51.5 Å². The molecule has 1 aliphatic carbocycles. The van der Waals surface area contributed by atoms with Crippen LogP contribution in [0.5, 0.6) is 11.5 Å². The number of hydrogen-bond donors (Lipinski definition) is 2. The number of carbonyl (C=O) groups is 4. The number of ether oxygens (including phenoxy) is 8. The van der Waals surface area contributed by atoms with Crippen molar-refractivity contribution in [3.05, 3.63) is 47.1 Å². The Bertz CT molecular complexity index is 1920. The van der Waals surface area contributed by atoms with Gasteiger partial charge in [-0.05, 0) is 113 Å². The van der Waals surface area contributed by atoms with Gasteiger partial charge in [-0.3, -0.25) is 14.4 Å². The van der Waals surface area contributed by atoms with Crippen LogP contribution in [0.2, 0.25) is 0 Å². The Kier molecular flexibility index (Phi) is 18.1. The maximum absolute atomic E-state index is 14.5. The van der Waals surface area contributed by atoms with Crippen molar-refractivity contribution in [2.45, 2.75) is 173 Å². The van der Waals surface area contributed by atoms with Crippen LogP contribution in [-0.4, -0.2) is 128 Å². The van der Waals surface area contributed by atoms with E-state index in [2.05, 4.69) is 13.0 Å². The third-order valence-electron chi connectivity index (χ3n) is 14.8. The third kappa shape index (κ3) is 11.9. The molecule has 6 rings (SSSR count). The van der Waals surface area contributed by atoms with Crippen molar-refractivity contribution in [1.82, 2.24) is 4.90 Å². The van der Waals surface area contributed by atoms with Crippen molar-refractivity contribution in [3.8, 4) is 11.5 Å². The Hall–Kier alpha value is -3.70. The first-order valence-electron chi connectivity index (χ1n) is 24.1. The summed E-state index contributed by atoms with van der Waals surface area (Å²) in [6.45, 7) is 11.9. The van der Waals surface area contributed by atoms with Gasteiger partial charge in [0, 0.05) is 52.0 Å². The summed E-state index contributed by atoms with van der Waals surface area (Å²) in [4.78, 5) is 58.4. The Morgan fingerprint density at radius 1 is 0.894 bits per heavy atom. The molecule has 1 saturated carbocycles. The van der Waals surface area contributed by atoms with E-state index in [-0.39, 0.29) is 62.4 Å². The zero-order valence-corrected chi connectivity index (χ0v) is 40.5. The van der Waals surface area contributed by atoms with Gasteiger partial charge in [-0.2, -0.15) is 0 Å². The number of ketones is 2. The zero-order chi connectivity index (χ0) is 47.9. The molecule has 14 atom stereocenters. The Morgan fingerprint density at radius 3 is 2.32 bits per heavy atom. The minimum Gasteiger partial charge on any atom is -0.456 e. The summed E-state index contributed by atoms with van der Waals surface area (Å²) in [7, 11) is 4.74. The number of amides is 1. The number of fused-ring (bicyclic) bond motifs is 4. The quantitative estimate of drug-likeness (QED) is 0.157. The molecule has 14 unspecified atom stereocenters. The van der Waals surface area contributed by atoms with E-state index < -0.39 is 77.8 Å². The lowest BCUT2D eigenvalue weighted by Crippen LogP contribution is -2.64. The molecule has 15 heteroatoms. The first-order chi connectivity index (χ1) is 31.5. The van der Waals surface area contributed by atoms with E-state index in [1.165, 1.54) is 19.1 Å². The van der Waals surface area contributed by atoms with Gasteiger partial charge in [0.2, 0.25) is 12.6 Å². The van der Waals surface area contributed by atoms with Gasteiger partial charge in [0.25, 0.3) is 11.7 Å². The first-order valence-corrected chi connectivity index (χ1v) is 24.1. The standard InChI is InChI=1S/C51H75NO14/c1-10-36-20-29(2)19-30(3)21-44(60-8)47-45(61-9)23-32(5)51(58,66-47)48(55)49(56)52-18-12-11-13-37(52)50(57)65-46(33(6)38(53)26-39(36)54)31(4)22-34-14-16-40(42(24-34)59-7)62-27-35-15-17-41-43(25-35)64-28-63-41/h15,17,20,22,25,30,32-34,36-38,40,42,44-47,53,58H,10-14,16,18-19,21,23-24,26-28H2,1-9H3. The minimum absolute atomic E-state index is 0.0120. The summed E-state index contributed by atoms with van der Waals surface area (Å²) < 4.78 is 47.8. The van der Waals surface area contributed by atoms with Crippen LogP contribution in [0.3, 0.4) is 0 Å². The molecular weight excluding hydrogens is 851 g/mol. The number of piperidine rings is 1. The first kappa shape index (κ1) is 51.7. The summed E-state index contributed by atoms with van der Waals surface area (Å²) in [5.74, 6) is -6.12. The molecule has 0 aromatic heterocycles. The van der Waals surface area contributed by atoms with Crippen molar-refractivity contribution >= 4 is 23.4 Å². The number of cyclic esters (lactones) is 1. The van der Waals surface area contributed by atoms with Gasteiger partial charge in [0.1, 0.15) is 24.0 Å². The number of benzene rings is 1. The summed E-state index contributed by atoms with van der Waals surface area (Å²) in [5.41, 5.74) is 2.64. The number of aliphatic hydroxyl groups excluding tert-OH is 1. The minimum atomic E-state index is -2.51. The molecule has 5 aliphatic rings. The summed E-state index contributed by atoms with van der Waals surface area (Å²) in [6.07, 6.45) is 4.59. The number of aliphatic hydroxyl groups is 2. The Balaban J connectivity index is 1.28. The molecule has 66 heavy (non-hydrogen) atoms. The van der Waals surface area contributed by atoms with E-state index in [9.17, 15) is 29.4 Å². The van der Waals surface area contributed by atoms with Gasteiger partial charge < -0.3 is 53.0 Å². The highest BCUT2D eigenvalue weighted by Crippen LogP contribution is 2.40. The molecule has 0 radical (unpaired) electrons. The third-order valence-corrected chi connectivity index (χ3v) is 14.8. The van der Waals surface area contributed by atoms with Gasteiger partial charge in [0.15, 0.2) is 11.5 Å². The van der Waals surface area contributed by atoms with E-state index in [0.29, 0.717) is 68.6 Å². The van der Waals surface area contributed by atoms with E-state index in [1.807, 2.05) is 45.0 Å². The van der Waals surface area contributed by atoms with Crippen molar-refractivity contribution in [2.75, 3.05) is 34.7 Å². The second kappa shape index (κ2) is 23.1. The van der Waals surface area contributed by atoms with Crippen LogP contribution in [-0.2, 0) is 54.2 Å². The normalized spacial score (nSPS) is 36.8. The molecule has 15 nitrogen and oxygen atoms in total. The highest BCUT2D eigenvalue weighted by Gasteiger charge is 2.56. The molecule has 3 fully saturated rings. The number of hydrogen-bond acceptors (Lipinski definition) is 14.